The molecule has 1 aromatic heterocycles. The van der Waals surface area contributed by atoms with Crippen molar-refractivity contribution >= 4 is 11.8 Å². The zero-order chi connectivity index (χ0) is 9.10. The van der Waals surface area contributed by atoms with Crippen LogP contribution in [0.25, 0.3) is 0 Å². The number of aryl methyl sites for hydroxylation is 1. The van der Waals surface area contributed by atoms with E-state index in [1.807, 2.05) is 17.8 Å². The van der Waals surface area contributed by atoms with Crippen LogP contribution in [-0.4, -0.2) is 18.5 Å². The highest BCUT2D eigenvalue weighted by molar-refractivity contribution is 7.98. The molecule has 0 saturated carbocycles. The Labute approximate surface area is 82.6 Å². The second kappa shape index (κ2) is 4.20. The molecule has 13 heavy (non-hydrogen) atoms. The average Bonchev–Trinajstić information content (AvgIpc) is 2.86. The number of ether oxygens (including phenoxy) is 1. The summed E-state index contributed by atoms with van der Waals surface area (Å²) in [6, 6.07) is 2.01. The van der Waals surface area contributed by atoms with Crippen LogP contribution in [0.1, 0.15) is 17.7 Å². The van der Waals surface area contributed by atoms with E-state index in [0.29, 0.717) is 6.10 Å². The fraction of sp³-hybridized carbons (Fsp3) is 0.600. The smallest absolute Gasteiger partial charge is 0.116 e. The SMILES string of the molecule is Cc1ccoc1CSCCC1CO1. The first-order valence-corrected chi connectivity index (χ1v) is 5.74. The van der Waals surface area contributed by atoms with Crippen LogP contribution in [0.2, 0.25) is 0 Å². The third-order valence-corrected chi connectivity index (χ3v) is 3.18. The standard InChI is InChI=1S/C10H14O2S/c1-8-2-4-11-10(8)7-13-5-3-9-6-12-9/h2,4,9H,3,5-7H2,1H3. The fourth-order valence-corrected chi connectivity index (χ4v) is 2.22. The topological polar surface area (TPSA) is 25.7 Å². The summed E-state index contributed by atoms with van der Waals surface area (Å²) in [5, 5.41) is 0. The van der Waals surface area contributed by atoms with Crippen molar-refractivity contribution in [1.29, 1.82) is 0 Å². The van der Waals surface area contributed by atoms with Crippen LogP contribution in [0.4, 0.5) is 0 Å². The van der Waals surface area contributed by atoms with Crippen LogP contribution in [0.15, 0.2) is 16.7 Å². The minimum atomic E-state index is 0.560. The van der Waals surface area contributed by atoms with E-state index in [4.69, 9.17) is 9.15 Å². The summed E-state index contributed by atoms with van der Waals surface area (Å²) in [5.74, 6) is 3.28. The molecule has 3 heteroatoms. The monoisotopic (exact) mass is 198 g/mol. The molecule has 1 fully saturated rings. The van der Waals surface area contributed by atoms with Crippen LogP contribution in [-0.2, 0) is 10.5 Å². The van der Waals surface area contributed by atoms with Crippen molar-refractivity contribution in [1.82, 2.24) is 0 Å². The largest absolute Gasteiger partial charge is 0.468 e. The maximum atomic E-state index is 5.33. The second-order valence-corrected chi connectivity index (χ2v) is 4.43. The molecule has 1 aromatic rings. The molecule has 72 valence electrons. The van der Waals surface area contributed by atoms with Crippen molar-refractivity contribution in [2.45, 2.75) is 25.2 Å². The normalized spacial score (nSPS) is 20.5. The molecule has 0 N–H and O–H groups in total. The summed E-state index contributed by atoms with van der Waals surface area (Å²) in [7, 11) is 0. The summed E-state index contributed by atoms with van der Waals surface area (Å²) in [6.07, 6.45) is 3.50. The lowest BCUT2D eigenvalue weighted by molar-refractivity contribution is 0.404. The lowest BCUT2D eigenvalue weighted by Gasteiger charge is -1.98. The summed E-state index contributed by atoms with van der Waals surface area (Å²) >= 11 is 1.92. The first-order valence-electron chi connectivity index (χ1n) is 4.58. The molecule has 0 aliphatic carbocycles. The molecule has 0 bridgehead atoms. The maximum absolute atomic E-state index is 5.33. The third-order valence-electron chi connectivity index (χ3n) is 2.19. The van der Waals surface area contributed by atoms with Crippen molar-refractivity contribution in [3.63, 3.8) is 0 Å². The minimum Gasteiger partial charge on any atom is -0.468 e. The Morgan fingerprint density at radius 3 is 3.08 bits per heavy atom. The molecule has 2 rings (SSSR count). The molecular formula is C10H14O2S. The Morgan fingerprint density at radius 1 is 1.62 bits per heavy atom. The van der Waals surface area contributed by atoms with E-state index in [-0.39, 0.29) is 0 Å². The summed E-state index contributed by atoms with van der Waals surface area (Å²) < 4.78 is 10.5. The van der Waals surface area contributed by atoms with Crippen LogP contribution < -0.4 is 0 Å². The van der Waals surface area contributed by atoms with E-state index in [0.717, 1.165) is 18.1 Å². The molecule has 1 saturated heterocycles. The van der Waals surface area contributed by atoms with Gasteiger partial charge in [-0.2, -0.15) is 11.8 Å². The Balaban J connectivity index is 1.64. The van der Waals surface area contributed by atoms with Gasteiger partial charge in [0.15, 0.2) is 0 Å². The van der Waals surface area contributed by atoms with Gasteiger partial charge in [-0.15, -0.1) is 0 Å². The van der Waals surface area contributed by atoms with Gasteiger partial charge in [-0.25, -0.2) is 0 Å². The van der Waals surface area contributed by atoms with Crippen LogP contribution >= 0.6 is 11.8 Å². The Morgan fingerprint density at radius 2 is 2.46 bits per heavy atom. The average molecular weight is 198 g/mol. The maximum Gasteiger partial charge on any atom is 0.116 e. The minimum absolute atomic E-state index is 0.560. The van der Waals surface area contributed by atoms with E-state index < -0.39 is 0 Å². The van der Waals surface area contributed by atoms with Gasteiger partial charge in [0, 0.05) is 0 Å². The molecule has 0 spiro atoms. The molecule has 0 radical (unpaired) electrons. The summed E-state index contributed by atoms with van der Waals surface area (Å²) in [6.45, 7) is 3.06. The number of rotatable bonds is 5. The summed E-state index contributed by atoms with van der Waals surface area (Å²) in [5.41, 5.74) is 1.26. The molecule has 0 amide bonds. The zero-order valence-corrected chi connectivity index (χ0v) is 8.60. The van der Waals surface area contributed by atoms with E-state index in [1.165, 1.54) is 17.7 Å². The Hall–Kier alpha value is -0.410. The van der Waals surface area contributed by atoms with Gasteiger partial charge in [-0.05, 0) is 30.7 Å². The van der Waals surface area contributed by atoms with Gasteiger partial charge < -0.3 is 9.15 Å². The second-order valence-electron chi connectivity index (χ2n) is 3.32. The van der Waals surface area contributed by atoms with E-state index in [1.54, 1.807) is 6.26 Å². The van der Waals surface area contributed by atoms with Gasteiger partial charge >= 0.3 is 0 Å². The molecular weight excluding hydrogens is 184 g/mol. The molecule has 1 aliphatic heterocycles. The van der Waals surface area contributed by atoms with Crippen molar-refractivity contribution in [2.24, 2.45) is 0 Å². The molecule has 1 unspecified atom stereocenters. The van der Waals surface area contributed by atoms with Crippen LogP contribution in [0.3, 0.4) is 0 Å². The molecule has 2 nitrogen and oxygen atoms in total. The number of thioether (sulfide) groups is 1. The lowest BCUT2D eigenvalue weighted by atomic mass is 10.3. The molecule has 1 aliphatic rings. The molecule has 2 heterocycles. The Bertz CT molecular complexity index is 266. The number of hydrogen-bond acceptors (Lipinski definition) is 3. The molecule has 0 aromatic carbocycles. The fourth-order valence-electron chi connectivity index (χ4n) is 1.17. The van der Waals surface area contributed by atoms with Gasteiger partial charge in [0.05, 0.1) is 24.7 Å². The zero-order valence-electron chi connectivity index (χ0n) is 7.79. The highest BCUT2D eigenvalue weighted by atomic mass is 32.2. The van der Waals surface area contributed by atoms with Crippen LogP contribution in [0, 0.1) is 6.92 Å². The van der Waals surface area contributed by atoms with Gasteiger partial charge in [-0.1, -0.05) is 0 Å². The van der Waals surface area contributed by atoms with Gasteiger partial charge in [-0.3, -0.25) is 0 Å². The van der Waals surface area contributed by atoms with Crippen molar-refractivity contribution in [2.75, 3.05) is 12.4 Å². The van der Waals surface area contributed by atoms with Gasteiger partial charge in [0.2, 0.25) is 0 Å². The first-order chi connectivity index (χ1) is 6.36. The van der Waals surface area contributed by atoms with Gasteiger partial charge in [0.25, 0.3) is 0 Å². The number of furan rings is 1. The highest BCUT2D eigenvalue weighted by Gasteiger charge is 2.21. The van der Waals surface area contributed by atoms with E-state index >= 15 is 0 Å². The van der Waals surface area contributed by atoms with Crippen molar-refractivity contribution in [3.8, 4) is 0 Å². The van der Waals surface area contributed by atoms with Crippen LogP contribution in [0.5, 0.6) is 0 Å². The van der Waals surface area contributed by atoms with Crippen molar-refractivity contribution in [3.05, 3.63) is 23.7 Å². The lowest BCUT2D eigenvalue weighted by Crippen LogP contribution is -1.89. The third kappa shape index (κ3) is 2.78. The van der Waals surface area contributed by atoms with Crippen molar-refractivity contribution < 1.29 is 9.15 Å². The Kier molecular flexibility index (Phi) is 2.96. The number of epoxide rings is 1. The van der Waals surface area contributed by atoms with Gasteiger partial charge in [0.1, 0.15) is 5.76 Å². The van der Waals surface area contributed by atoms with E-state index in [9.17, 15) is 0 Å². The highest BCUT2D eigenvalue weighted by Crippen LogP contribution is 2.21. The predicted molar refractivity (Wildman–Crippen MR) is 54.0 cm³/mol. The first kappa shape index (κ1) is 9.16. The number of hydrogen-bond donors (Lipinski definition) is 0. The quantitative estimate of drug-likeness (QED) is 0.537. The van der Waals surface area contributed by atoms with E-state index in [2.05, 4.69) is 6.92 Å². The molecule has 1 atom stereocenters. The predicted octanol–water partition coefficient (Wildman–Crippen LogP) is 2.61. The summed E-state index contributed by atoms with van der Waals surface area (Å²) in [4.78, 5) is 0.